The molecule has 0 spiro atoms. The van der Waals surface area contributed by atoms with Crippen molar-refractivity contribution < 1.29 is 24.2 Å². The lowest BCUT2D eigenvalue weighted by atomic mass is 10.0. The number of ether oxygens (including phenoxy) is 2. The highest BCUT2D eigenvalue weighted by molar-refractivity contribution is 5.70. The first-order chi connectivity index (χ1) is 42.6. The zero-order chi connectivity index (χ0) is 61.9. The van der Waals surface area contributed by atoms with Crippen molar-refractivity contribution in [3.63, 3.8) is 0 Å². The molecule has 0 aliphatic heterocycles. The van der Waals surface area contributed by atoms with E-state index in [9.17, 15) is 14.7 Å². The summed E-state index contributed by atoms with van der Waals surface area (Å²) in [7, 11) is 0. The Morgan fingerprint density at radius 1 is 0.279 bits per heavy atom. The second kappa shape index (κ2) is 75.5. The number of allylic oxidation sites excluding steroid dienone is 20. The van der Waals surface area contributed by atoms with Gasteiger partial charge in [-0.2, -0.15) is 0 Å². The Balaban J connectivity index is 3.48. The highest BCUT2D eigenvalue weighted by atomic mass is 16.6. The van der Waals surface area contributed by atoms with Gasteiger partial charge >= 0.3 is 11.9 Å². The molecule has 0 amide bonds. The number of aliphatic hydroxyl groups is 1. The number of esters is 2. The SMILES string of the molecule is CC/C=C\C/C=C\C/C=C\C/C=C\C/C=C\C/C=C\C/C=C\C/C=C\C/C=C\CCCCCC(=O)OC(CO)COC(=O)CCCCCCCCCCCCCCCCCCCCCCCCCCCCCCC/C=C\CCCCCCCCCC. The average molecular weight is 1190 g/mol. The van der Waals surface area contributed by atoms with Crippen LogP contribution in [0.2, 0.25) is 0 Å². The van der Waals surface area contributed by atoms with Crippen LogP contribution in [0, 0.1) is 0 Å². The van der Waals surface area contributed by atoms with E-state index in [-0.39, 0.29) is 25.2 Å². The highest BCUT2D eigenvalue weighted by Gasteiger charge is 2.16. The fourth-order valence-electron chi connectivity index (χ4n) is 10.7. The zero-order valence-corrected chi connectivity index (χ0v) is 56.8. The Kier molecular flexibility index (Phi) is 72.3. The van der Waals surface area contributed by atoms with Crippen LogP contribution in [0.1, 0.15) is 361 Å². The van der Waals surface area contributed by atoms with Crippen molar-refractivity contribution in [1.29, 1.82) is 0 Å². The van der Waals surface area contributed by atoms with E-state index in [0.717, 1.165) is 103 Å². The Bertz CT molecular complexity index is 1690. The lowest BCUT2D eigenvalue weighted by molar-refractivity contribution is -0.161. The van der Waals surface area contributed by atoms with Gasteiger partial charge in [-0.05, 0) is 109 Å². The summed E-state index contributed by atoms with van der Waals surface area (Å²) in [5.41, 5.74) is 0. The lowest BCUT2D eigenvalue weighted by Crippen LogP contribution is -2.28. The first-order valence-corrected chi connectivity index (χ1v) is 37.1. The standard InChI is InChI=1S/C81H140O5/c1-3-5-7-9-11-13-15-17-19-21-23-25-27-29-31-33-35-36-37-38-39-40-41-42-43-44-46-47-49-51-53-55-57-59-61-63-65-67-69-71-73-75-80(83)85-78-79(77-82)86-81(84)76-74-72-70-68-66-64-62-60-58-56-54-52-50-48-45-34-32-30-28-26-24-22-20-18-16-14-12-10-8-6-4-2/h6,8,12,14,18,20-21,23-24,26,30,32,45,48,52,54,58,60,64,66,79,82H,3-5,7,9-11,13,15-17,19,22,25,27-29,31,33-44,46-47,49-51,53,55-57,59,61-63,65,67-78H2,1-2H3/b8-6-,14-12-,20-18-,23-21-,26-24-,32-30-,48-45-,54-52-,60-58-,66-64-. The molecule has 0 aliphatic carbocycles. The van der Waals surface area contributed by atoms with Crippen LogP contribution < -0.4 is 0 Å². The van der Waals surface area contributed by atoms with Crippen LogP contribution in [-0.4, -0.2) is 36.4 Å². The topological polar surface area (TPSA) is 72.8 Å². The van der Waals surface area contributed by atoms with E-state index in [1.165, 1.54) is 231 Å². The van der Waals surface area contributed by atoms with Gasteiger partial charge < -0.3 is 14.6 Å². The maximum Gasteiger partial charge on any atom is 0.306 e. The number of carbonyl (C=O) groups excluding carboxylic acids is 2. The lowest BCUT2D eigenvalue weighted by Gasteiger charge is -2.15. The maximum atomic E-state index is 12.4. The third kappa shape index (κ3) is 72.8. The van der Waals surface area contributed by atoms with E-state index < -0.39 is 6.10 Å². The molecule has 0 heterocycles. The minimum atomic E-state index is -0.799. The van der Waals surface area contributed by atoms with E-state index in [1.807, 2.05) is 0 Å². The molecular weight excluding hydrogens is 1050 g/mol. The largest absolute Gasteiger partial charge is 0.462 e. The van der Waals surface area contributed by atoms with E-state index in [0.29, 0.717) is 12.8 Å². The van der Waals surface area contributed by atoms with Crippen molar-refractivity contribution in [3.05, 3.63) is 122 Å². The second-order valence-electron chi connectivity index (χ2n) is 24.6. The minimum absolute atomic E-state index is 0.0834. The summed E-state index contributed by atoms with van der Waals surface area (Å²) in [5.74, 6) is -0.623. The van der Waals surface area contributed by atoms with Crippen molar-refractivity contribution in [1.82, 2.24) is 0 Å². The first-order valence-electron chi connectivity index (χ1n) is 37.1. The van der Waals surface area contributed by atoms with E-state index in [1.54, 1.807) is 0 Å². The summed E-state index contributed by atoms with van der Waals surface area (Å²) < 4.78 is 10.7. The summed E-state index contributed by atoms with van der Waals surface area (Å²) >= 11 is 0. The molecule has 0 saturated carbocycles. The van der Waals surface area contributed by atoms with Crippen molar-refractivity contribution in [2.45, 2.75) is 367 Å². The molecule has 86 heavy (non-hydrogen) atoms. The summed E-state index contributed by atoms with van der Waals surface area (Å²) in [6.07, 6.45) is 111. The second-order valence-corrected chi connectivity index (χ2v) is 24.6. The van der Waals surface area contributed by atoms with E-state index in [2.05, 4.69) is 135 Å². The van der Waals surface area contributed by atoms with Crippen LogP contribution in [0.5, 0.6) is 0 Å². The molecule has 1 unspecified atom stereocenters. The molecule has 0 fully saturated rings. The van der Waals surface area contributed by atoms with Gasteiger partial charge in [-0.15, -0.1) is 0 Å². The van der Waals surface area contributed by atoms with Crippen LogP contribution in [0.15, 0.2) is 122 Å². The van der Waals surface area contributed by atoms with Crippen LogP contribution in [-0.2, 0) is 19.1 Å². The summed E-state index contributed by atoms with van der Waals surface area (Å²) in [6.45, 7) is 4.03. The summed E-state index contributed by atoms with van der Waals surface area (Å²) in [5, 5.41) is 9.70. The van der Waals surface area contributed by atoms with Gasteiger partial charge in [0.15, 0.2) is 6.10 Å². The average Bonchev–Trinajstić information content (AvgIpc) is 3.55. The number of aliphatic hydroxyl groups excluding tert-OH is 1. The Labute approximate surface area is 534 Å². The molecule has 0 saturated heterocycles. The van der Waals surface area contributed by atoms with Crippen molar-refractivity contribution in [2.75, 3.05) is 13.2 Å². The molecule has 0 rings (SSSR count). The Morgan fingerprint density at radius 2 is 0.500 bits per heavy atom. The third-order valence-corrected chi connectivity index (χ3v) is 16.2. The molecule has 0 radical (unpaired) electrons. The normalized spacial score (nSPS) is 12.9. The fraction of sp³-hybridized carbons (Fsp3) is 0.728. The van der Waals surface area contributed by atoms with Gasteiger partial charge in [0.05, 0.1) is 6.61 Å². The summed E-state index contributed by atoms with van der Waals surface area (Å²) in [6, 6.07) is 0. The number of rotatable bonds is 68. The molecule has 0 aromatic heterocycles. The maximum absolute atomic E-state index is 12.4. The van der Waals surface area contributed by atoms with Gasteiger partial charge in [0, 0.05) is 12.8 Å². The monoisotopic (exact) mass is 1190 g/mol. The zero-order valence-electron chi connectivity index (χ0n) is 56.8. The Morgan fingerprint density at radius 3 is 0.779 bits per heavy atom. The number of unbranched alkanes of at least 4 members (excludes halogenated alkanes) is 40. The molecule has 0 bridgehead atoms. The number of hydrogen-bond acceptors (Lipinski definition) is 5. The van der Waals surface area contributed by atoms with Crippen LogP contribution in [0.4, 0.5) is 0 Å². The van der Waals surface area contributed by atoms with Gasteiger partial charge in [-0.1, -0.05) is 360 Å². The minimum Gasteiger partial charge on any atom is -0.462 e. The van der Waals surface area contributed by atoms with Gasteiger partial charge in [0.1, 0.15) is 6.61 Å². The summed E-state index contributed by atoms with van der Waals surface area (Å²) in [4.78, 5) is 24.7. The quantitative estimate of drug-likeness (QED) is 0.0373. The van der Waals surface area contributed by atoms with Crippen molar-refractivity contribution >= 4 is 11.9 Å². The third-order valence-electron chi connectivity index (χ3n) is 16.2. The molecule has 494 valence electrons. The molecular formula is C81H140O5. The van der Waals surface area contributed by atoms with Crippen molar-refractivity contribution in [3.8, 4) is 0 Å². The molecule has 0 aromatic rings. The smallest absolute Gasteiger partial charge is 0.306 e. The molecule has 0 aliphatic rings. The van der Waals surface area contributed by atoms with E-state index >= 15 is 0 Å². The predicted octanol–water partition coefficient (Wildman–Crippen LogP) is 26.1. The van der Waals surface area contributed by atoms with Gasteiger partial charge in [0.25, 0.3) is 0 Å². The Hall–Kier alpha value is -3.70. The van der Waals surface area contributed by atoms with Gasteiger partial charge in [-0.3, -0.25) is 9.59 Å². The van der Waals surface area contributed by atoms with Crippen molar-refractivity contribution in [2.24, 2.45) is 0 Å². The van der Waals surface area contributed by atoms with Gasteiger partial charge in [-0.25, -0.2) is 0 Å². The van der Waals surface area contributed by atoms with Gasteiger partial charge in [0.2, 0.25) is 0 Å². The number of hydrogen-bond donors (Lipinski definition) is 1. The predicted molar refractivity (Wildman–Crippen MR) is 380 cm³/mol. The molecule has 5 nitrogen and oxygen atoms in total. The molecule has 5 heteroatoms. The van der Waals surface area contributed by atoms with Crippen LogP contribution in [0.3, 0.4) is 0 Å². The van der Waals surface area contributed by atoms with Crippen LogP contribution in [0.25, 0.3) is 0 Å². The molecule has 1 atom stereocenters. The molecule has 0 aromatic carbocycles. The molecule has 1 N–H and O–H groups in total. The van der Waals surface area contributed by atoms with E-state index in [4.69, 9.17) is 9.47 Å². The first kappa shape index (κ1) is 82.3. The highest BCUT2D eigenvalue weighted by Crippen LogP contribution is 2.18. The van der Waals surface area contributed by atoms with Crippen LogP contribution >= 0.6 is 0 Å². The number of carbonyl (C=O) groups is 2. The fourth-order valence-corrected chi connectivity index (χ4v) is 10.7.